The monoisotopic (exact) mass is 411 g/mol. The Balaban J connectivity index is 1.42. The Bertz CT molecular complexity index is 1140. The fourth-order valence-electron chi connectivity index (χ4n) is 3.05. The molecule has 0 unspecified atom stereocenters. The Hall–Kier alpha value is -2.70. The van der Waals surface area contributed by atoms with E-state index >= 15 is 0 Å². The number of carbonyl (C=O) groups excluding carboxylic acids is 1. The summed E-state index contributed by atoms with van der Waals surface area (Å²) in [5.41, 5.74) is 2.67. The predicted octanol–water partition coefficient (Wildman–Crippen LogP) is 5.31. The highest BCUT2D eigenvalue weighted by molar-refractivity contribution is 7.99. The number of thioether (sulfide) groups is 1. The van der Waals surface area contributed by atoms with Crippen LogP contribution in [0.1, 0.15) is 16.1 Å². The van der Waals surface area contributed by atoms with Crippen LogP contribution in [0.4, 0.5) is 0 Å². The second-order valence-electron chi connectivity index (χ2n) is 6.25. The van der Waals surface area contributed by atoms with Crippen LogP contribution in [-0.4, -0.2) is 28.3 Å². The molecule has 0 aliphatic rings. The lowest BCUT2D eigenvalue weighted by atomic mass is 10.1. The second kappa shape index (κ2) is 8.12. The first-order valence-electron chi connectivity index (χ1n) is 8.83. The number of hydrogen-bond acceptors (Lipinski definition) is 4. The topological polar surface area (TPSA) is 70.9 Å². The molecule has 2 aromatic carbocycles. The van der Waals surface area contributed by atoms with E-state index in [2.05, 4.69) is 21.5 Å². The highest BCUT2D eigenvalue weighted by atomic mass is 35.5. The van der Waals surface area contributed by atoms with Crippen molar-refractivity contribution < 1.29 is 9.32 Å². The Morgan fingerprint density at radius 3 is 2.86 bits per heavy atom. The molecule has 0 radical (unpaired) electrons. The lowest BCUT2D eigenvalue weighted by Crippen LogP contribution is -2.26. The third-order valence-electron chi connectivity index (χ3n) is 4.42. The number of aromatic nitrogens is 2. The van der Waals surface area contributed by atoms with Crippen LogP contribution >= 0.6 is 23.4 Å². The second-order valence-corrected chi connectivity index (χ2v) is 7.79. The summed E-state index contributed by atoms with van der Waals surface area (Å²) in [5.74, 6) is 1.00. The van der Waals surface area contributed by atoms with Crippen LogP contribution in [0.3, 0.4) is 0 Å². The summed E-state index contributed by atoms with van der Waals surface area (Å²) in [6, 6.07) is 15.4. The van der Waals surface area contributed by atoms with Gasteiger partial charge in [0, 0.05) is 39.9 Å². The van der Waals surface area contributed by atoms with Crippen LogP contribution in [0.15, 0.2) is 64.1 Å². The van der Waals surface area contributed by atoms with Crippen molar-refractivity contribution in [2.75, 3.05) is 12.3 Å². The smallest absolute Gasteiger partial charge is 0.257 e. The molecule has 1 amide bonds. The Morgan fingerprint density at radius 1 is 1.21 bits per heavy atom. The minimum atomic E-state index is -0.215. The zero-order valence-corrected chi connectivity index (χ0v) is 16.7. The maximum absolute atomic E-state index is 12.7. The van der Waals surface area contributed by atoms with Crippen LogP contribution in [0.5, 0.6) is 0 Å². The third kappa shape index (κ3) is 3.66. The molecule has 0 aliphatic heterocycles. The summed E-state index contributed by atoms with van der Waals surface area (Å²) >= 11 is 7.95. The minimum Gasteiger partial charge on any atom is -0.360 e. The molecule has 0 saturated carbocycles. The SMILES string of the molecule is Cc1onc(-c2ccccc2Cl)c1C(=O)NCCSc1c[nH]c2ccccc12. The molecule has 2 aromatic heterocycles. The number of para-hydroxylation sites is 1. The molecule has 142 valence electrons. The van der Waals surface area contributed by atoms with Crippen molar-refractivity contribution in [2.24, 2.45) is 0 Å². The first-order chi connectivity index (χ1) is 13.6. The molecule has 4 rings (SSSR count). The fraction of sp³-hybridized carbons (Fsp3) is 0.143. The molecule has 0 fully saturated rings. The maximum Gasteiger partial charge on any atom is 0.257 e. The highest BCUT2D eigenvalue weighted by Gasteiger charge is 2.22. The van der Waals surface area contributed by atoms with Gasteiger partial charge in [-0.2, -0.15) is 0 Å². The Morgan fingerprint density at radius 2 is 2.00 bits per heavy atom. The van der Waals surface area contributed by atoms with Gasteiger partial charge in [-0.1, -0.05) is 53.2 Å². The molecule has 28 heavy (non-hydrogen) atoms. The number of carbonyl (C=O) groups is 1. The molecule has 0 spiro atoms. The number of nitrogens with one attached hydrogen (secondary N) is 2. The van der Waals surface area contributed by atoms with Gasteiger partial charge in [0.25, 0.3) is 5.91 Å². The number of hydrogen-bond donors (Lipinski definition) is 2. The van der Waals surface area contributed by atoms with E-state index in [1.165, 1.54) is 10.3 Å². The van der Waals surface area contributed by atoms with Crippen molar-refractivity contribution in [1.29, 1.82) is 0 Å². The molecule has 7 heteroatoms. The van der Waals surface area contributed by atoms with Gasteiger partial charge in [0.15, 0.2) is 0 Å². The molecule has 2 N–H and O–H groups in total. The van der Waals surface area contributed by atoms with Crippen molar-refractivity contribution in [1.82, 2.24) is 15.5 Å². The van der Waals surface area contributed by atoms with Gasteiger partial charge in [-0.25, -0.2) is 0 Å². The summed E-state index contributed by atoms with van der Waals surface area (Å²) in [7, 11) is 0. The van der Waals surface area contributed by atoms with E-state index < -0.39 is 0 Å². The summed E-state index contributed by atoms with van der Waals surface area (Å²) < 4.78 is 5.26. The standard InChI is InChI=1S/C21H18ClN3O2S/c1-13-19(20(25-27-13)14-6-2-4-8-16(14)22)21(26)23-10-11-28-18-12-24-17-9-5-3-7-15(17)18/h2-9,12,24H,10-11H2,1H3,(H,23,26). The predicted molar refractivity (Wildman–Crippen MR) is 113 cm³/mol. The van der Waals surface area contributed by atoms with Crippen LogP contribution in [0.2, 0.25) is 5.02 Å². The average Bonchev–Trinajstić information content (AvgIpc) is 3.29. The van der Waals surface area contributed by atoms with E-state index in [1.807, 2.05) is 42.6 Å². The molecular weight excluding hydrogens is 394 g/mol. The van der Waals surface area contributed by atoms with Gasteiger partial charge in [0.05, 0.1) is 5.02 Å². The maximum atomic E-state index is 12.7. The number of aryl methyl sites for hydroxylation is 1. The zero-order valence-electron chi connectivity index (χ0n) is 15.2. The molecule has 5 nitrogen and oxygen atoms in total. The summed E-state index contributed by atoms with van der Waals surface area (Å²) in [5, 5.41) is 8.71. The van der Waals surface area contributed by atoms with Gasteiger partial charge in [0.1, 0.15) is 17.0 Å². The summed E-state index contributed by atoms with van der Waals surface area (Å²) in [6.07, 6.45) is 2.00. The van der Waals surface area contributed by atoms with Gasteiger partial charge in [0.2, 0.25) is 0 Å². The molecular formula is C21H18ClN3O2S. The van der Waals surface area contributed by atoms with E-state index in [9.17, 15) is 4.79 Å². The van der Waals surface area contributed by atoms with Gasteiger partial charge >= 0.3 is 0 Å². The van der Waals surface area contributed by atoms with Crippen LogP contribution in [0, 0.1) is 6.92 Å². The third-order valence-corrected chi connectivity index (χ3v) is 5.80. The molecule has 4 aromatic rings. The molecule has 2 heterocycles. The van der Waals surface area contributed by atoms with Gasteiger partial charge in [-0.15, -0.1) is 11.8 Å². The lowest BCUT2D eigenvalue weighted by Gasteiger charge is -2.06. The van der Waals surface area contributed by atoms with E-state index in [0.29, 0.717) is 34.1 Å². The molecule has 0 atom stereocenters. The number of nitrogens with zero attached hydrogens (tertiary/aromatic N) is 1. The van der Waals surface area contributed by atoms with Crippen molar-refractivity contribution >= 4 is 40.2 Å². The largest absolute Gasteiger partial charge is 0.360 e. The normalized spacial score (nSPS) is 11.1. The Labute approximate surface area is 171 Å². The van der Waals surface area contributed by atoms with E-state index in [0.717, 1.165) is 11.3 Å². The number of H-pyrrole nitrogens is 1. The molecule has 0 saturated heterocycles. The fourth-order valence-corrected chi connectivity index (χ4v) is 4.18. The summed E-state index contributed by atoms with van der Waals surface area (Å²) in [6.45, 7) is 2.25. The van der Waals surface area contributed by atoms with Crippen molar-refractivity contribution in [3.8, 4) is 11.3 Å². The number of amides is 1. The lowest BCUT2D eigenvalue weighted by molar-refractivity contribution is 0.0955. The molecule has 0 aliphatic carbocycles. The highest BCUT2D eigenvalue weighted by Crippen LogP contribution is 2.31. The number of aromatic amines is 1. The number of fused-ring (bicyclic) bond motifs is 1. The number of benzene rings is 2. The number of halogens is 1. The van der Waals surface area contributed by atoms with E-state index in [-0.39, 0.29) is 5.91 Å². The van der Waals surface area contributed by atoms with Crippen molar-refractivity contribution in [3.05, 3.63) is 71.1 Å². The summed E-state index contributed by atoms with van der Waals surface area (Å²) in [4.78, 5) is 17.2. The molecule has 0 bridgehead atoms. The van der Waals surface area contributed by atoms with Crippen molar-refractivity contribution in [2.45, 2.75) is 11.8 Å². The van der Waals surface area contributed by atoms with Gasteiger partial charge in [-0.3, -0.25) is 4.79 Å². The van der Waals surface area contributed by atoms with Crippen LogP contribution in [0.25, 0.3) is 22.2 Å². The van der Waals surface area contributed by atoms with Crippen LogP contribution < -0.4 is 5.32 Å². The zero-order chi connectivity index (χ0) is 19.5. The first-order valence-corrected chi connectivity index (χ1v) is 10.2. The van der Waals surface area contributed by atoms with E-state index in [4.69, 9.17) is 16.1 Å². The van der Waals surface area contributed by atoms with Crippen molar-refractivity contribution in [3.63, 3.8) is 0 Å². The average molecular weight is 412 g/mol. The van der Waals surface area contributed by atoms with E-state index in [1.54, 1.807) is 24.8 Å². The van der Waals surface area contributed by atoms with Gasteiger partial charge in [-0.05, 0) is 19.1 Å². The Kier molecular flexibility index (Phi) is 5.41. The minimum absolute atomic E-state index is 0.215. The quantitative estimate of drug-likeness (QED) is 0.333. The first kappa shape index (κ1) is 18.7. The van der Waals surface area contributed by atoms with Gasteiger partial charge < -0.3 is 14.8 Å². The number of rotatable bonds is 6. The van der Waals surface area contributed by atoms with Crippen LogP contribution in [-0.2, 0) is 0 Å².